The van der Waals surface area contributed by atoms with E-state index >= 15 is 0 Å². The monoisotopic (exact) mass is 305 g/mol. The van der Waals surface area contributed by atoms with E-state index in [4.69, 9.17) is 4.74 Å². The van der Waals surface area contributed by atoms with E-state index in [0.717, 1.165) is 36.6 Å². The van der Waals surface area contributed by atoms with Crippen LogP contribution >= 0.6 is 11.3 Å². The van der Waals surface area contributed by atoms with Crippen LogP contribution in [0, 0.1) is 5.82 Å². The Morgan fingerprint density at radius 1 is 1.33 bits per heavy atom. The molecule has 1 atom stereocenters. The second-order valence-corrected chi connectivity index (χ2v) is 6.34. The van der Waals surface area contributed by atoms with Crippen molar-refractivity contribution in [3.63, 3.8) is 0 Å². The number of rotatable bonds is 6. The molecule has 1 unspecified atom stereocenters. The molecule has 0 spiro atoms. The lowest BCUT2D eigenvalue weighted by molar-refractivity contribution is 0.104. The fourth-order valence-electron chi connectivity index (χ4n) is 2.67. The summed E-state index contributed by atoms with van der Waals surface area (Å²) in [5, 5.41) is 5.40. The van der Waals surface area contributed by atoms with Gasteiger partial charge in [-0.25, -0.2) is 4.39 Å². The van der Waals surface area contributed by atoms with E-state index in [2.05, 4.69) is 5.32 Å². The lowest BCUT2D eigenvalue weighted by Crippen LogP contribution is -2.19. The normalized spacial score (nSPS) is 18.2. The Bertz CT molecular complexity index is 564. The Balaban J connectivity index is 1.54. The van der Waals surface area contributed by atoms with Crippen molar-refractivity contribution in [3.05, 3.63) is 47.1 Å². The van der Waals surface area contributed by atoms with Crippen LogP contribution in [-0.4, -0.2) is 19.3 Å². The summed E-state index contributed by atoms with van der Waals surface area (Å²) in [5.74, 6) is -0.152. The third kappa shape index (κ3) is 3.90. The van der Waals surface area contributed by atoms with Crippen molar-refractivity contribution in [3.8, 4) is 10.4 Å². The van der Waals surface area contributed by atoms with Gasteiger partial charge in [0.25, 0.3) is 0 Å². The molecule has 21 heavy (non-hydrogen) atoms. The largest absolute Gasteiger partial charge is 0.378 e. The third-order valence-corrected chi connectivity index (χ3v) is 4.72. The summed E-state index contributed by atoms with van der Waals surface area (Å²) in [4.78, 5) is 0.980. The maximum absolute atomic E-state index is 13.9. The number of hydrogen-bond donors (Lipinski definition) is 1. The van der Waals surface area contributed by atoms with Crippen molar-refractivity contribution in [1.82, 2.24) is 5.32 Å². The number of hydrogen-bond acceptors (Lipinski definition) is 3. The van der Waals surface area contributed by atoms with Crippen LogP contribution < -0.4 is 5.32 Å². The van der Waals surface area contributed by atoms with Gasteiger partial charge in [0.2, 0.25) is 0 Å². The molecule has 0 amide bonds. The first kappa shape index (κ1) is 14.7. The van der Waals surface area contributed by atoms with E-state index in [0.29, 0.717) is 11.7 Å². The number of benzene rings is 1. The van der Waals surface area contributed by atoms with E-state index < -0.39 is 0 Å². The van der Waals surface area contributed by atoms with Crippen LogP contribution in [0.2, 0.25) is 0 Å². The molecule has 1 saturated heterocycles. The summed E-state index contributed by atoms with van der Waals surface area (Å²) < 4.78 is 19.5. The lowest BCUT2D eigenvalue weighted by atomic mass is 10.1. The lowest BCUT2D eigenvalue weighted by Gasteiger charge is -2.11. The van der Waals surface area contributed by atoms with Crippen molar-refractivity contribution in [1.29, 1.82) is 0 Å². The van der Waals surface area contributed by atoms with Gasteiger partial charge in [-0.2, -0.15) is 0 Å². The van der Waals surface area contributed by atoms with Crippen molar-refractivity contribution in [2.24, 2.45) is 0 Å². The molecule has 1 fully saturated rings. The molecule has 112 valence electrons. The molecule has 1 aromatic carbocycles. The molecule has 1 N–H and O–H groups in total. The van der Waals surface area contributed by atoms with Gasteiger partial charge in [-0.15, -0.1) is 11.3 Å². The van der Waals surface area contributed by atoms with Gasteiger partial charge in [0, 0.05) is 23.6 Å². The smallest absolute Gasteiger partial charge is 0.131 e. The summed E-state index contributed by atoms with van der Waals surface area (Å²) in [6, 6.07) is 9.27. The van der Waals surface area contributed by atoms with Crippen LogP contribution in [0.4, 0.5) is 4.39 Å². The number of thiophene rings is 1. The standard InChI is InChI=1S/C17H20FNOS/c18-16-6-5-13(11-15(16)17-4-2-10-21-17)12-19-8-7-14-3-1-9-20-14/h2,4-6,10-11,14,19H,1,3,7-9,12H2. The summed E-state index contributed by atoms with van der Waals surface area (Å²) in [6.07, 6.45) is 3.85. The van der Waals surface area contributed by atoms with Crippen molar-refractivity contribution < 1.29 is 9.13 Å². The highest BCUT2D eigenvalue weighted by Crippen LogP contribution is 2.28. The Morgan fingerprint density at radius 3 is 3.05 bits per heavy atom. The van der Waals surface area contributed by atoms with Gasteiger partial charge in [0.1, 0.15) is 5.82 Å². The number of halogens is 1. The van der Waals surface area contributed by atoms with E-state index in [-0.39, 0.29) is 5.82 Å². The van der Waals surface area contributed by atoms with E-state index in [9.17, 15) is 4.39 Å². The van der Waals surface area contributed by atoms with Crippen molar-refractivity contribution in [2.75, 3.05) is 13.2 Å². The first-order valence-corrected chi connectivity index (χ1v) is 8.35. The Kier molecular flexibility index (Phi) is 5.01. The molecular formula is C17H20FNOS. The van der Waals surface area contributed by atoms with Crippen LogP contribution in [0.25, 0.3) is 10.4 Å². The molecule has 1 aromatic heterocycles. The van der Waals surface area contributed by atoms with Crippen LogP contribution in [0.15, 0.2) is 35.7 Å². The van der Waals surface area contributed by atoms with Gasteiger partial charge in [-0.1, -0.05) is 12.1 Å². The highest BCUT2D eigenvalue weighted by molar-refractivity contribution is 7.13. The minimum Gasteiger partial charge on any atom is -0.378 e. The number of nitrogens with one attached hydrogen (secondary N) is 1. The SMILES string of the molecule is Fc1ccc(CNCCC2CCCO2)cc1-c1cccs1. The summed E-state index contributed by atoms with van der Waals surface area (Å²) >= 11 is 1.57. The van der Waals surface area contributed by atoms with Gasteiger partial charge in [0.05, 0.1) is 6.10 Å². The summed E-state index contributed by atoms with van der Waals surface area (Å²) in [7, 11) is 0. The predicted molar refractivity (Wildman–Crippen MR) is 85.0 cm³/mol. The fraction of sp³-hybridized carbons (Fsp3) is 0.412. The van der Waals surface area contributed by atoms with E-state index in [1.165, 1.54) is 12.8 Å². The van der Waals surface area contributed by atoms with Crippen molar-refractivity contribution >= 4 is 11.3 Å². The van der Waals surface area contributed by atoms with E-state index in [1.807, 2.05) is 29.6 Å². The Hall–Kier alpha value is -1.23. The second-order valence-electron chi connectivity index (χ2n) is 5.39. The molecule has 2 nitrogen and oxygen atoms in total. The van der Waals surface area contributed by atoms with Crippen LogP contribution in [0.5, 0.6) is 0 Å². The van der Waals surface area contributed by atoms with Crippen LogP contribution in [0.1, 0.15) is 24.8 Å². The van der Waals surface area contributed by atoms with Gasteiger partial charge < -0.3 is 10.1 Å². The van der Waals surface area contributed by atoms with Crippen LogP contribution in [0.3, 0.4) is 0 Å². The van der Waals surface area contributed by atoms with Gasteiger partial charge >= 0.3 is 0 Å². The molecule has 1 aliphatic heterocycles. The van der Waals surface area contributed by atoms with Crippen LogP contribution in [-0.2, 0) is 11.3 Å². The zero-order valence-corrected chi connectivity index (χ0v) is 12.8. The second kappa shape index (κ2) is 7.16. The molecule has 0 bridgehead atoms. The molecular weight excluding hydrogens is 285 g/mol. The van der Waals surface area contributed by atoms with Crippen molar-refractivity contribution in [2.45, 2.75) is 31.9 Å². The molecule has 1 aliphatic rings. The molecule has 3 rings (SSSR count). The van der Waals surface area contributed by atoms with Gasteiger partial charge in [-0.3, -0.25) is 0 Å². The minimum absolute atomic E-state index is 0.152. The molecule has 4 heteroatoms. The maximum atomic E-state index is 13.9. The highest BCUT2D eigenvalue weighted by atomic mass is 32.1. The zero-order chi connectivity index (χ0) is 14.5. The average Bonchev–Trinajstić information content (AvgIpc) is 3.18. The fourth-order valence-corrected chi connectivity index (χ4v) is 3.42. The summed E-state index contributed by atoms with van der Waals surface area (Å²) in [5.41, 5.74) is 1.82. The Labute approximate surface area is 129 Å². The molecule has 0 saturated carbocycles. The van der Waals surface area contributed by atoms with Gasteiger partial charge in [0.15, 0.2) is 0 Å². The predicted octanol–water partition coefficient (Wildman–Crippen LogP) is 4.21. The maximum Gasteiger partial charge on any atom is 0.131 e. The summed E-state index contributed by atoms with van der Waals surface area (Å²) in [6.45, 7) is 2.62. The Morgan fingerprint density at radius 2 is 2.29 bits per heavy atom. The first-order chi connectivity index (χ1) is 10.3. The molecule has 0 radical (unpaired) electrons. The topological polar surface area (TPSA) is 21.3 Å². The molecule has 2 aromatic rings. The first-order valence-electron chi connectivity index (χ1n) is 7.47. The molecule has 0 aliphatic carbocycles. The quantitative estimate of drug-likeness (QED) is 0.807. The minimum atomic E-state index is -0.152. The third-order valence-electron chi connectivity index (χ3n) is 3.81. The highest BCUT2D eigenvalue weighted by Gasteiger charge is 2.14. The zero-order valence-electron chi connectivity index (χ0n) is 12.0. The average molecular weight is 305 g/mol. The van der Waals surface area contributed by atoms with Gasteiger partial charge in [-0.05, 0) is 54.9 Å². The molecule has 2 heterocycles. The van der Waals surface area contributed by atoms with E-state index in [1.54, 1.807) is 17.4 Å². The number of ether oxygens (including phenoxy) is 1.